The van der Waals surface area contributed by atoms with E-state index in [2.05, 4.69) is 5.10 Å². The van der Waals surface area contributed by atoms with Crippen molar-refractivity contribution in [3.05, 3.63) is 102 Å². The topological polar surface area (TPSA) is 44.1 Å². The first-order valence-corrected chi connectivity index (χ1v) is 8.80. The molecular weight excluding hydrogens is 355 g/mol. The minimum Gasteiger partial charge on any atom is -0.404 e. The van der Waals surface area contributed by atoms with E-state index >= 15 is 0 Å². The van der Waals surface area contributed by atoms with Crippen molar-refractivity contribution < 1.29 is 13.9 Å². The van der Waals surface area contributed by atoms with Crippen LogP contribution in [0.15, 0.2) is 84.9 Å². The highest BCUT2D eigenvalue weighted by Crippen LogP contribution is 2.27. The Balaban J connectivity index is 1.76. The number of hydrogen-bond acceptors (Lipinski definition) is 3. The van der Waals surface area contributed by atoms with Crippen molar-refractivity contribution in [3.8, 4) is 22.8 Å². The number of ether oxygens (including phenoxy) is 1. The van der Waals surface area contributed by atoms with Crippen LogP contribution >= 0.6 is 0 Å². The summed E-state index contributed by atoms with van der Waals surface area (Å²) >= 11 is 0. The van der Waals surface area contributed by atoms with E-state index in [9.17, 15) is 9.18 Å². The summed E-state index contributed by atoms with van der Waals surface area (Å²) in [5, 5.41) is 4.62. The van der Waals surface area contributed by atoms with Gasteiger partial charge in [0.05, 0.1) is 16.9 Å². The normalized spacial score (nSPS) is 10.6. The van der Waals surface area contributed by atoms with Crippen molar-refractivity contribution in [2.45, 2.75) is 6.92 Å². The molecule has 0 bridgehead atoms. The maximum Gasteiger partial charge on any atom is 0.344 e. The maximum atomic E-state index is 13.5. The molecule has 0 aliphatic heterocycles. The standard InChI is InChI=1S/C23H17FN2O2/c1-16-7-5-12-20(13-16)26-22(15-21(25-26)17-8-3-2-4-9-17)28-23(27)18-10-6-11-19(24)14-18/h2-15H,1H3. The van der Waals surface area contributed by atoms with Gasteiger partial charge in [0.25, 0.3) is 0 Å². The van der Waals surface area contributed by atoms with Crippen molar-refractivity contribution in [1.82, 2.24) is 9.78 Å². The zero-order valence-corrected chi connectivity index (χ0v) is 15.2. The number of carbonyl (C=O) groups excluding carboxylic acids is 1. The molecule has 28 heavy (non-hydrogen) atoms. The van der Waals surface area contributed by atoms with Crippen molar-refractivity contribution in [3.63, 3.8) is 0 Å². The Kier molecular flexibility index (Phi) is 4.72. The smallest absolute Gasteiger partial charge is 0.344 e. The molecule has 0 aliphatic rings. The fourth-order valence-electron chi connectivity index (χ4n) is 2.90. The average Bonchev–Trinajstić information content (AvgIpc) is 3.12. The Hall–Kier alpha value is -3.73. The molecule has 0 saturated heterocycles. The highest BCUT2D eigenvalue weighted by Gasteiger charge is 2.17. The molecule has 4 aromatic rings. The largest absolute Gasteiger partial charge is 0.404 e. The lowest BCUT2D eigenvalue weighted by Gasteiger charge is -2.08. The lowest BCUT2D eigenvalue weighted by Crippen LogP contribution is -2.12. The molecule has 4 nitrogen and oxygen atoms in total. The Morgan fingerprint density at radius 2 is 1.71 bits per heavy atom. The number of carbonyl (C=O) groups is 1. The van der Waals surface area contributed by atoms with E-state index in [1.807, 2.05) is 61.5 Å². The second kappa shape index (κ2) is 7.48. The average molecular weight is 372 g/mol. The summed E-state index contributed by atoms with van der Waals surface area (Å²) in [4.78, 5) is 12.5. The van der Waals surface area contributed by atoms with E-state index in [1.54, 1.807) is 10.7 Å². The van der Waals surface area contributed by atoms with E-state index in [-0.39, 0.29) is 11.4 Å². The molecule has 0 atom stereocenters. The molecule has 0 amide bonds. The summed E-state index contributed by atoms with van der Waals surface area (Å²) in [6, 6.07) is 24.4. The minimum absolute atomic E-state index is 0.137. The van der Waals surface area contributed by atoms with Gasteiger partial charge in [0, 0.05) is 11.6 Å². The van der Waals surface area contributed by atoms with Gasteiger partial charge in [0.15, 0.2) is 0 Å². The van der Waals surface area contributed by atoms with Gasteiger partial charge >= 0.3 is 5.97 Å². The number of rotatable bonds is 4. The second-order valence-electron chi connectivity index (χ2n) is 6.38. The first-order valence-electron chi connectivity index (χ1n) is 8.80. The molecule has 0 aliphatic carbocycles. The molecule has 0 fully saturated rings. The van der Waals surface area contributed by atoms with E-state index in [4.69, 9.17) is 4.74 Å². The summed E-state index contributed by atoms with van der Waals surface area (Å²) in [7, 11) is 0. The van der Waals surface area contributed by atoms with Crippen molar-refractivity contribution in [2.24, 2.45) is 0 Å². The summed E-state index contributed by atoms with van der Waals surface area (Å²) in [6.45, 7) is 1.98. The van der Waals surface area contributed by atoms with Gasteiger partial charge in [-0.3, -0.25) is 0 Å². The van der Waals surface area contributed by atoms with E-state index in [0.29, 0.717) is 5.69 Å². The van der Waals surface area contributed by atoms with E-state index < -0.39 is 11.8 Å². The Bertz CT molecular complexity index is 1140. The zero-order chi connectivity index (χ0) is 19.5. The van der Waals surface area contributed by atoms with Crippen LogP contribution in [0.5, 0.6) is 5.88 Å². The molecule has 1 aromatic heterocycles. The second-order valence-corrected chi connectivity index (χ2v) is 6.38. The molecule has 0 spiro atoms. The zero-order valence-electron chi connectivity index (χ0n) is 15.2. The van der Waals surface area contributed by atoms with E-state index in [1.165, 1.54) is 18.2 Å². The van der Waals surface area contributed by atoms with Gasteiger partial charge in [0.1, 0.15) is 5.82 Å². The highest BCUT2D eigenvalue weighted by molar-refractivity contribution is 5.91. The summed E-state index contributed by atoms with van der Waals surface area (Å²) in [5.41, 5.74) is 3.53. The Morgan fingerprint density at radius 3 is 2.46 bits per heavy atom. The Morgan fingerprint density at radius 1 is 0.929 bits per heavy atom. The van der Waals surface area contributed by atoms with Gasteiger partial charge < -0.3 is 4.74 Å². The summed E-state index contributed by atoms with van der Waals surface area (Å²) in [6.07, 6.45) is 0. The fraction of sp³-hybridized carbons (Fsp3) is 0.0435. The van der Waals surface area contributed by atoms with Crippen molar-refractivity contribution >= 4 is 5.97 Å². The first-order chi connectivity index (χ1) is 13.6. The van der Waals surface area contributed by atoms with Crippen LogP contribution in [-0.4, -0.2) is 15.7 Å². The molecule has 0 radical (unpaired) electrons. The third-order valence-electron chi connectivity index (χ3n) is 4.25. The van der Waals surface area contributed by atoms with Gasteiger partial charge in [-0.25, -0.2) is 9.18 Å². The van der Waals surface area contributed by atoms with Crippen LogP contribution in [0, 0.1) is 12.7 Å². The predicted octanol–water partition coefficient (Wildman–Crippen LogP) is 5.21. The molecule has 5 heteroatoms. The number of benzene rings is 3. The third kappa shape index (κ3) is 3.69. The molecule has 0 N–H and O–H groups in total. The van der Waals surface area contributed by atoms with Crippen LogP contribution in [0.1, 0.15) is 15.9 Å². The third-order valence-corrected chi connectivity index (χ3v) is 4.25. The molecule has 3 aromatic carbocycles. The van der Waals surface area contributed by atoms with Crippen LogP contribution in [-0.2, 0) is 0 Å². The SMILES string of the molecule is Cc1cccc(-n2nc(-c3ccccc3)cc2OC(=O)c2cccc(F)c2)c1. The van der Waals surface area contributed by atoms with Crippen LogP contribution in [0.25, 0.3) is 16.9 Å². The number of esters is 1. The minimum atomic E-state index is -0.645. The number of aryl methyl sites for hydroxylation is 1. The van der Waals surface area contributed by atoms with Gasteiger partial charge in [-0.05, 0) is 42.8 Å². The molecule has 138 valence electrons. The van der Waals surface area contributed by atoms with E-state index in [0.717, 1.165) is 22.9 Å². The lowest BCUT2D eigenvalue weighted by atomic mass is 10.2. The molecular formula is C23H17FN2O2. The highest BCUT2D eigenvalue weighted by atomic mass is 19.1. The van der Waals surface area contributed by atoms with Crippen LogP contribution < -0.4 is 4.74 Å². The lowest BCUT2D eigenvalue weighted by molar-refractivity contribution is 0.0722. The predicted molar refractivity (Wildman–Crippen MR) is 105 cm³/mol. The van der Waals surface area contributed by atoms with Gasteiger partial charge in [-0.1, -0.05) is 48.5 Å². The van der Waals surface area contributed by atoms with Gasteiger partial charge in [0.2, 0.25) is 5.88 Å². The van der Waals surface area contributed by atoms with Crippen molar-refractivity contribution in [1.29, 1.82) is 0 Å². The molecule has 4 rings (SSSR count). The molecule has 1 heterocycles. The van der Waals surface area contributed by atoms with Crippen LogP contribution in [0.3, 0.4) is 0 Å². The summed E-state index contributed by atoms with van der Waals surface area (Å²) in [5.74, 6) is -0.877. The number of nitrogens with zero attached hydrogens (tertiary/aromatic N) is 2. The first kappa shape index (κ1) is 17.7. The number of halogens is 1. The summed E-state index contributed by atoms with van der Waals surface area (Å²) < 4.78 is 20.6. The maximum absolute atomic E-state index is 13.5. The number of aromatic nitrogens is 2. The number of hydrogen-bond donors (Lipinski definition) is 0. The quantitative estimate of drug-likeness (QED) is 0.462. The monoisotopic (exact) mass is 372 g/mol. The van der Waals surface area contributed by atoms with Crippen molar-refractivity contribution in [2.75, 3.05) is 0 Å². The molecule has 0 unspecified atom stereocenters. The fourth-order valence-corrected chi connectivity index (χ4v) is 2.90. The molecule has 0 saturated carbocycles. The van der Waals surface area contributed by atoms with Gasteiger partial charge in [-0.2, -0.15) is 9.78 Å². The van der Waals surface area contributed by atoms with Gasteiger partial charge in [-0.15, -0.1) is 0 Å². The van der Waals surface area contributed by atoms with Crippen LogP contribution in [0.4, 0.5) is 4.39 Å². The Labute approximate surface area is 161 Å². The van der Waals surface area contributed by atoms with Crippen LogP contribution in [0.2, 0.25) is 0 Å².